The third-order valence-corrected chi connectivity index (χ3v) is 5.28. The number of aromatic nitrogens is 2. The van der Waals surface area contributed by atoms with Gasteiger partial charge < -0.3 is 15.0 Å². The molecule has 30 heavy (non-hydrogen) atoms. The van der Waals surface area contributed by atoms with Crippen molar-refractivity contribution in [1.82, 2.24) is 15.3 Å². The van der Waals surface area contributed by atoms with E-state index in [9.17, 15) is 4.79 Å². The van der Waals surface area contributed by atoms with Crippen LogP contribution >= 0.6 is 0 Å². The second kappa shape index (κ2) is 7.87. The van der Waals surface area contributed by atoms with Gasteiger partial charge in [0.05, 0.1) is 6.61 Å². The molecule has 0 fully saturated rings. The summed E-state index contributed by atoms with van der Waals surface area (Å²) in [7, 11) is 0. The molecule has 1 amide bonds. The highest BCUT2D eigenvalue weighted by molar-refractivity contribution is 5.96. The van der Waals surface area contributed by atoms with Gasteiger partial charge >= 0.3 is 0 Å². The zero-order valence-electron chi connectivity index (χ0n) is 16.4. The molecule has 3 heterocycles. The monoisotopic (exact) mass is 395 g/mol. The molecule has 0 unspecified atom stereocenters. The number of carbonyl (C=O) groups excluding carboxylic acids is 1. The predicted octanol–water partition coefficient (Wildman–Crippen LogP) is 4.49. The molecule has 1 aliphatic rings. The third kappa shape index (κ3) is 3.70. The molecular weight excluding hydrogens is 374 g/mol. The molecule has 2 aromatic heterocycles. The quantitative estimate of drug-likeness (QED) is 0.489. The zero-order valence-corrected chi connectivity index (χ0v) is 16.4. The van der Waals surface area contributed by atoms with Gasteiger partial charge in [-0.25, -0.2) is 4.98 Å². The smallest absolute Gasteiger partial charge is 0.244 e. The predicted molar refractivity (Wildman–Crippen MR) is 118 cm³/mol. The Labute approximate surface area is 174 Å². The van der Waals surface area contributed by atoms with E-state index < -0.39 is 0 Å². The maximum Gasteiger partial charge on any atom is 0.244 e. The van der Waals surface area contributed by atoms with Crippen LogP contribution in [0.3, 0.4) is 0 Å². The number of rotatable bonds is 5. The van der Waals surface area contributed by atoms with E-state index in [0.717, 1.165) is 52.1 Å². The van der Waals surface area contributed by atoms with Gasteiger partial charge in [0.25, 0.3) is 0 Å². The van der Waals surface area contributed by atoms with Crippen LogP contribution in [0, 0.1) is 0 Å². The lowest BCUT2D eigenvalue weighted by Crippen LogP contribution is -2.20. The van der Waals surface area contributed by atoms with Crippen LogP contribution in [0.2, 0.25) is 0 Å². The van der Waals surface area contributed by atoms with Gasteiger partial charge in [-0.05, 0) is 40.5 Å². The van der Waals surface area contributed by atoms with E-state index >= 15 is 0 Å². The fourth-order valence-corrected chi connectivity index (χ4v) is 3.74. The maximum absolute atomic E-state index is 12.3. The van der Waals surface area contributed by atoms with Crippen molar-refractivity contribution in [3.05, 3.63) is 89.8 Å². The van der Waals surface area contributed by atoms with E-state index in [0.29, 0.717) is 6.54 Å². The molecule has 0 spiro atoms. The number of ether oxygens (including phenoxy) is 1. The number of hydrogen-bond acceptors (Lipinski definition) is 3. The largest absolute Gasteiger partial charge is 0.493 e. The number of nitrogens with one attached hydrogen (secondary N) is 2. The van der Waals surface area contributed by atoms with E-state index in [1.807, 2.05) is 42.6 Å². The molecule has 5 heteroatoms. The summed E-state index contributed by atoms with van der Waals surface area (Å²) in [6.45, 7) is 1.23. The summed E-state index contributed by atoms with van der Waals surface area (Å²) in [5.74, 6) is 0.816. The summed E-state index contributed by atoms with van der Waals surface area (Å²) in [4.78, 5) is 20.0. The van der Waals surface area contributed by atoms with Gasteiger partial charge in [0.2, 0.25) is 5.91 Å². The Balaban J connectivity index is 1.28. The van der Waals surface area contributed by atoms with Crippen molar-refractivity contribution in [3.63, 3.8) is 0 Å². The Hall–Kier alpha value is -3.86. The summed E-state index contributed by atoms with van der Waals surface area (Å²) in [5, 5.41) is 3.97. The number of hydrogen-bond donors (Lipinski definition) is 2. The van der Waals surface area contributed by atoms with Crippen molar-refractivity contribution in [2.24, 2.45) is 0 Å². The standard InChI is InChI=1S/C25H21N3O2/c29-24(26-14-17-6-8-23-20(12-17)10-11-30-23)9-7-18-13-21-22(16-28-25(21)27-15-18)19-4-2-1-3-5-19/h1-9,12-13,15-16H,10-11,14H2,(H,26,29)(H,27,28)/b9-7+. The maximum atomic E-state index is 12.3. The minimum atomic E-state index is -0.135. The van der Waals surface area contributed by atoms with Crippen LogP contribution in [-0.2, 0) is 17.8 Å². The van der Waals surface area contributed by atoms with E-state index in [1.54, 1.807) is 18.3 Å². The first kappa shape index (κ1) is 18.2. The summed E-state index contributed by atoms with van der Waals surface area (Å²) >= 11 is 0. The summed E-state index contributed by atoms with van der Waals surface area (Å²) in [6, 6.07) is 18.3. The number of pyridine rings is 1. The molecular formula is C25H21N3O2. The van der Waals surface area contributed by atoms with Gasteiger partial charge in [-0.2, -0.15) is 0 Å². The Bertz CT molecular complexity index is 1240. The normalized spacial score (nSPS) is 12.8. The average Bonchev–Trinajstić information content (AvgIpc) is 3.43. The topological polar surface area (TPSA) is 67.0 Å². The minimum absolute atomic E-state index is 0.135. The fourth-order valence-electron chi connectivity index (χ4n) is 3.74. The molecule has 0 radical (unpaired) electrons. The second-order valence-electron chi connectivity index (χ2n) is 7.32. The van der Waals surface area contributed by atoms with Gasteiger partial charge in [-0.1, -0.05) is 42.5 Å². The SMILES string of the molecule is O=C(/C=C/c1cnc2[nH]cc(-c3ccccc3)c2c1)NCc1ccc2c(c1)CCO2. The van der Waals surface area contributed by atoms with Crippen LogP contribution in [0.15, 0.2) is 73.1 Å². The summed E-state index contributed by atoms with van der Waals surface area (Å²) in [5.41, 5.74) is 6.21. The van der Waals surface area contributed by atoms with E-state index in [1.165, 1.54) is 5.56 Å². The molecule has 5 nitrogen and oxygen atoms in total. The second-order valence-corrected chi connectivity index (χ2v) is 7.32. The molecule has 2 aromatic carbocycles. The van der Waals surface area contributed by atoms with Gasteiger partial charge in [0, 0.05) is 42.4 Å². The lowest BCUT2D eigenvalue weighted by Gasteiger charge is -2.05. The van der Waals surface area contributed by atoms with E-state index in [2.05, 4.69) is 33.5 Å². The van der Waals surface area contributed by atoms with Crippen molar-refractivity contribution in [2.75, 3.05) is 6.61 Å². The molecule has 0 saturated carbocycles. The zero-order chi connectivity index (χ0) is 20.3. The van der Waals surface area contributed by atoms with Gasteiger partial charge in [0.15, 0.2) is 0 Å². The minimum Gasteiger partial charge on any atom is -0.493 e. The highest BCUT2D eigenvalue weighted by atomic mass is 16.5. The van der Waals surface area contributed by atoms with Crippen molar-refractivity contribution in [2.45, 2.75) is 13.0 Å². The molecule has 4 aromatic rings. The first-order valence-corrected chi connectivity index (χ1v) is 9.99. The molecule has 148 valence electrons. The molecule has 1 aliphatic heterocycles. The van der Waals surface area contributed by atoms with E-state index in [-0.39, 0.29) is 5.91 Å². The lowest BCUT2D eigenvalue weighted by atomic mass is 10.1. The van der Waals surface area contributed by atoms with Crippen LogP contribution in [0.4, 0.5) is 0 Å². The number of nitrogens with zero attached hydrogens (tertiary/aromatic N) is 1. The Morgan fingerprint density at radius 3 is 2.97 bits per heavy atom. The number of amides is 1. The Kier molecular flexibility index (Phi) is 4.77. The summed E-state index contributed by atoms with van der Waals surface area (Å²) < 4.78 is 5.52. The van der Waals surface area contributed by atoms with E-state index in [4.69, 9.17) is 4.74 Å². The van der Waals surface area contributed by atoms with Crippen molar-refractivity contribution < 1.29 is 9.53 Å². The van der Waals surface area contributed by atoms with Crippen LogP contribution in [0.25, 0.3) is 28.2 Å². The molecule has 0 aliphatic carbocycles. The highest BCUT2D eigenvalue weighted by Crippen LogP contribution is 2.28. The third-order valence-electron chi connectivity index (χ3n) is 5.28. The molecule has 2 N–H and O–H groups in total. The van der Waals surface area contributed by atoms with Gasteiger partial charge in [-0.15, -0.1) is 0 Å². The van der Waals surface area contributed by atoms with Crippen LogP contribution in [0.1, 0.15) is 16.7 Å². The average molecular weight is 395 g/mol. The number of H-pyrrole nitrogens is 1. The Morgan fingerprint density at radius 1 is 1.17 bits per heavy atom. The Morgan fingerprint density at radius 2 is 2.07 bits per heavy atom. The first-order valence-electron chi connectivity index (χ1n) is 9.99. The van der Waals surface area contributed by atoms with Crippen LogP contribution in [-0.4, -0.2) is 22.5 Å². The molecule has 0 saturated heterocycles. The highest BCUT2D eigenvalue weighted by Gasteiger charge is 2.12. The molecule has 5 rings (SSSR count). The van der Waals surface area contributed by atoms with Crippen molar-refractivity contribution in [3.8, 4) is 16.9 Å². The number of fused-ring (bicyclic) bond motifs is 2. The fraction of sp³-hybridized carbons (Fsp3) is 0.120. The van der Waals surface area contributed by atoms with Gasteiger partial charge in [0.1, 0.15) is 11.4 Å². The molecule has 0 bridgehead atoms. The number of aromatic amines is 1. The van der Waals surface area contributed by atoms with Crippen LogP contribution < -0.4 is 10.1 Å². The van der Waals surface area contributed by atoms with Crippen molar-refractivity contribution >= 4 is 23.0 Å². The van der Waals surface area contributed by atoms with Crippen LogP contribution in [0.5, 0.6) is 5.75 Å². The van der Waals surface area contributed by atoms with Gasteiger partial charge in [-0.3, -0.25) is 4.79 Å². The molecule has 0 atom stereocenters. The first-order chi connectivity index (χ1) is 14.8. The van der Waals surface area contributed by atoms with Crippen molar-refractivity contribution in [1.29, 1.82) is 0 Å². The number of carbonyl (C=O) groups is 1. The lowest BCUT2D eigenvalue weighted by molar-refractivity contribution is -0.116. The summed E-state index contributed by atoms with van der Waals surface area (Å²) in [6.07, 6.45) is 8.00. The number of benzene rings is 2.